The molecule has 0 unspecified atom stereocenters. The zero-order valence-electron chi connectivity index (χ0n) is 11.3. The van der Waals surface area contributed by atoms with Crippen LogP contribution in [-0.2, 0) is 9.59 Å². The first-order chi connectivity index (χ1) is 10.5. The lowest BCUT2D eigenvalue weighted by molar-refractivity contribution is -0.384. The smallest absolute Gasteiger partial charge is 0.271 e. The number of halogens is 1. The lowest BCUT2D eigenvalue weighted by Gasteiger charge is -2.17. The normalized spacial score (nSPS) is 32.0. The van der Waals surface area contributed by atoms with Gasteiger partial charge in [0.15, 0.2) is 0 Å². The maximum Gasteiger partial charge on any atom is 0.271 e. The van der Waals surface area contributed by atoms with Crippen molar-refractivity contribution in [3.8, 4) is 0 Å². The van der Waals surface area contributed by atoms with Crippen LogP contribution < -0.4 is 4.90 Å². The SMILES string of the molecule is O=C1[C@H]2[C@H](C(=O)N1c1cc([N+](=O)[O-])ccc1F)[C@H]1C=C[C@H]2C1. The van der Waals surface area contributed by atoms with Crippen LogP contribution in [-0.4, -0.2) is 16.7 Å². The van der Waals surface area contributed by atoms with Gasteiger partial charge in [-0.15, -0.1) is 0 Å². The number of nitrogens with zero attached hydrogens (tertiary/aromatic N) is 2. The lowest BCUT2D eigenvalue weighted by atomic mass is 9.85. The number of nitro groups is 1. The minimum absolute atomic E-state index is 0.0122. The van der Waals surface area contributed by atoms with Crippen LogP contribution in [0.4, 0.5) is 15.8 Å². The summed E-state index contributed by atoms with van der Waals surface area (Å²) in [5.74, 6) is -2.61. The maximum atomic E-state index is 14.0. The Hall–Kier alpha value is -2.57. The van der Waals surface area contributed by atoms with Gasteiger partial charge < -0.3 is 0 Å². The predicted octanol–water partition coefficient (Wildman–Crippen LogP) is 2.05. The number of allylic oxidation sites excluding steroid dienone is 2. The van der Waals surface area contributed by atoms with Gasteiger partial charge >= 0.3 is 0 Å². The highest BCUT2D eigenvalue weighted by Gasteiger charge is 2.60. The van der Waals surface area contributed by atoms with Crippen molar-refractivity contribution in [1.82, 2.24) is 0 Å². The zero-order valence-corrected chi connectivity index (χ0v) is 11.3. The molecule has 1 saturated carbocycles. The summed E-state index contributed by atoms with van der Waals surface area (Å²) in [5.41, 5.74) is -0.673. The summed E-state index contributed by atoms with van der Waals surface area (Å²) >= 11 is 0. The third-order valence-electron chi connectivity index (χ3n) is 4.85. The van der Waals surface area contributed by atoms with Gasteiger partial charge in [0.25, 0.3) is 5.69 Å². The molecule has 2 aliphatic carbocycles. The Labute approximate surface area is 124 Å². The largest absolute Gasteiger partial charge is 0.274 e. The molecule has 1 aromatic carbocycles. The van der Waals surface area contributed by atoms with E-state index in [-0.39, 0.29) is 23.2 Å². The summed E-state index contributed by atoms with van der Waals surface area (Å²) < 4.78 is 14.0. The molecule has 0 spiro atoms. The molecular weight excluding hydrogens is 291 g/mol. The molecule has 4 rings (SSSR count). The second kappa shape index (κ2) is 4.22. The molecule has 1 aliphatic heterocycles. The van der Waals surface area contributed by atoms with Gasteiger partial charge in [-0.05, 0) is 24.3 Å². The molecule has 0 N–H and O–H groups in total. The second-order valence-corrected chi connectivity index (χ2v) is 5.90. The van der Waals surface area contributed by atoms with Crippen molar-refractivity contribution in [3.05, 3.63) is 46.3 Å². The summed E-state index contributed by atoms with van der Waals surface area (Å²) in [6, 6.07) is 2.87. The molecule has 4 atom stereocenters. The van der Waals surface area contributed by atoms with E-state index in [1.165, 1.54) is 0 Å². The van der Waals surface area contributed by atoms with Crippen molar-refractivity contribution in [3.63, 3.8) is 0 Å². The highest BCUT2D eigenvalue weighted by atomic mass is 19.1. The van der Waals surface area contributed by atoms with Crippen molar-refractivity contribution in [2.24, 2.45) is 23.7 Å². The fraction of sp³-hybridized carbons (Fsp3) is 0.333. The minimum Gasteiger partial charge on any atom is -0.274 e. The van der Waals surface area contributed by atoms with Crippen LogP contribution in [0.2, 0.25) is 0 Å². The molecule has 7 heteroatoms. The van der Waals surface area contributed by atoms with Crippen LogP contribution >= 0.6 is 0 Å². The van der Waals surface area contributed by atoms with E-state index < -0.39 is 34.4 Å². The van der Waals surface area contributed by atoms with Gasteiger partial charge in [-0.3, -0.25) is 19.7 Å². The Morgan fingerprint density at radius 3 is 2.27 bits per heavy atom. The van der Waals surface area contributed by atoms with Gasteiger partial charge in [0, 0.05) is 12.1 Å². The first-order valence-electron chi connectivity index (χ1n) is 6.99. The highest BCUT2D eigenvalue weighted by Crippen LogP contribution is 2.53. The van der Waals surface area contributed by atoms with E-state index in [9.17, 15) is 24.1 Å². The molecule has 0 aromatic heterocycles. The Morgan fingerprint density at radius 2 is 1.73 bits per heavy atom. The highest BCUT2D eigenvalue weighted by molar-refractivity contribution is 6.23. The first kappa shape index (κ1) is 13.1. The number of imide groups is 1. The van der Waals surface area contributed by atoms with Crippen molar-refractivity contribution < 1.29 is 18.9 Å². The molecule has 3 aliphatic rings. The molecule has 1 aromatic rings. The number of carbonyl (C=O) groups is 2. The van der Waals surface area contributed by atoms with E-state index in [4.69, 9.17) is 0 Å². The van der Waals surface area contributed by atoms with E-state index >= 15 is 0 Å². The van der Waals surface area contributed by atoms with Crippen LogP contribution in [0.5, 0.6) is 0 Å². The van der Waals surface area contributed by atoms with Crippen LogP contribution in [0.3, 0.4) is 0 Å². The molecule has 2 bridgehead atoms. The van der Waals surface area contributed by atoms with Gasteiger partial charge in [0.2, 0.25) is 11.8 Å². The fourth-order valence-corrected chi connectivity index (χ4v) is 3.93. The summed E-state index contributed by atoms with van der Waals surface area (Å²) in [4.78, 5) is 36.1. The van der Waals surface area contributed by atoms with Crippen molar-refractivity contribution in [1.29, 1.82) is 0 Å². The van der Waals surface area contributed by atoms with Gasteiger partial charge in [-0.1, -0.05) is 12.2 Å². The van der Waals surface area contributed by atoms with Gasteiger partial charge in [0.05, 0.1) is 22.4 Å². The minimum atomic E-state index is -0.812. The number of anilines is 1. The molecule has 0 radical (unpaired) electrons. The Kier molecular flexibility index (Phi) is 2.52. The van der Waals surface area contributed by atoms with Crippen molar-refractivity contribution >= 4 is 23.2 Å². The Morgan fingerprint density at radius 1 is 1.14 bits per heavy atom. The molecule has 1 heterocycles. The van der Waals surface area contributed by atoms with Crippen LogP contribution in [0.25, 0.3) is 0 Å². The fourth-order valence-electron chi connectivity index (χ4n) is 3.93. The van der Waals surface area contributed by atoms with Gasteiger partial charge in [-0.2, -0.15) is 0 Å². The number of fused-ring (bicyclic) bond motifs is 5. The Bertz CT molecular complexity index is 730. The number of rotatable bonds is 2. The number of nitro benzene ring substituents is 1. The number of amides is 2. The monoisotopic (exact) mass is 302 g/mol. The third kappa shape index (κ3) is 1.53. The summed E-state index contributed by atoms with van der Waals surface area (Å²) in [6.45, 7) is 0. The number of non-ortho nitro benzene ring substituents is 1. The van der Waals surface area contributed by atoms with E-state index in [0.29, 0.717) is 0 Å². The van der Waals surface area contributed by atoms with Crippen LogP contribution in [0, 0.1) is 39.6 Å². The quantitative estimate of drug-likeness (QED) is 0.362. The molecular formula is C15H11FN2O4. The molecule has 112 valence electrons. The predicted molar refractivity (Wildman–Crippen MR) is 73.3 cm³/mol. The van der Waals surface area contributed by atoms with Gasteiger partial charge in [-0.25, -0.2) is 9.29 Å². The number of benzene rings is 1. The lowest BCUT2D eigenvalue weighted by Crippen LogP contribution is -2.33. The van der Waals surface area contributed by atoms with Gasteiger partial charge in [0.1, 0.15) is 5.82 Å². The molecule has 2 amide bonds. The average Bonchev–Trinajstić information content (AvgIpc) is 3.14. The summed E-state index contributed by atoms with van der Waals surface area (Å²) in [6.07, 6.45) is 4.65. The molecule has 22 heavy (non-hydrogen) atoms. The van der Waals surface area contributed by atoms with E-state index in [1.54, 1.807) is 0 Å². The van der Waals surface area contributed by atoms with Crippen molar-refractivity contribution in [2.75, 3.05) is 4.90 Å². The molecule has 1 saturated heterocycles. The van der Waals surface area contributed by atoms with Crippen LogP contribution in [0.15, 0.2) is 30.4 Å². The zero-order chi connectivity index (χ0) is 15.6. The molecule has 2 fully saturated rings. The standard InChI is InChI=1S/C15H11FN2O4/c16-10-4-3-9(18(21)22)6-11(10)17-14(19)12-7-1-2-8(5-7)13(12)15(17)20/h1-4,6-8,12-13H,5H2/t7-,8-,12+,13+/m0/s1. The average molecular weight is 302 g/mol. The van der Waals surface area contributed by atoms with E-state index in [1.807, 2.05) is 12.2 Å². The van der Waals surface area contributed by atoms with Crippen molar-refractivity contribution in [2.45, 2.75) is 6.42 Å². The second-order valence-electron chi connectivity index (χ2n) is 5.90. The summed E-state index contributed by atoms with van der Waals surface area (Å²) in [5, 5.41) is 10.8. The number of hydrogen-bond donors (Lipinski definition) is 0. The van der Waals surface area contributed by atoms with E-state index in [0.717, 1.165) is 29.5 Å². The first-order valence-corrected chi connectivity index (χ1v) is 6.99. The van der Waals surface area contributed by atoms with E-state index in [2.05, 4.69) is 0 Å². The molecule has 6 nitrogen and oxygen atoms in total. The maximum absolute atomic E-state index is 14.0. The Balaban J connectivity index is 1.79. The topological polar surface area (TPSA) is 80.5 Å². The summed E-state index contributed by atoms with van der Waals surface area (Å²) in [7, 11) is 0. The number of carbonyl (C=O) groups excluding carboxylic acids is 2. The van der Waals surface area contributed by atoms with Crippen LogP contribution in [0.1, 0.15) is 6.42 Å². The number of hydrogen-bond acceptors (Lipinski definition) is 4. The third-order valence-corrected chi connectivity index (χ3v) is 4.85.